The summed E-state index contributed by atoms with van der Waals surface area (Å²) in [6.07, 6.45) is 12.2. The van der Waals surface area contributed by atoms with E-state index < -0.39 is 29.4 Å². The van der Waals surface area contributed by atoms with Gasteiger partial charge in [0, 0.05) is 23.5 Å². The van der Waals surface area contributed by atoms with Crippen molar-refractivity contribution >= 4 is 34.4 Å². The maximum absolute atomic E-state index is 12.5. The number of nitrogens with one attached hydrogen (secondary N) is 3. The molecule has 3 saturated carbocycles. The van der Waals surface area contributed by atoms with Gasteiger partial charge in [0.05, 0.1) is 17.9 Å². The molecule has 242 valence electrons. The highest BCUT2D eigenvalue weighted by Crippen LogP contribution is 2.67. The molecule has 6 rings (SSSR count). The van der Waals surface area contributed by atoms with Crippen LogP contribution in [0.4, 0.5) is 0 Å². The van der Waals surface area contributed by atoms with E-state index in [9.17, 15) is 24.6 Å². The van der Waals surface area contributed by atoms with Gasteiger partial charge in [0.2, 0.25) is 5.91 Å². The molecule has 1 heterocycles. The molecular weight excluding hydrogens is 572 g/mol. The van der Waals surface area contributed by atoms with Crippen molar-refractivity contribution in [2.24, 2.45) is 33.7 Å². The number of benzene rings is 1. The zero-order valence-corrected chi connectivity index (χ0v) is 26.5. The number of amides is 2. The van der Waals surface area contributed by atoms with Crippen LogP contribution in [0.15, 0.2) is 47.3 Å². The first kappa shape index (κ1) is 31.3. The van der Waals surface area contributed by atoms with Gasteiger partial charge in [0.1, 0.15) is 6.04 Å². The van der Waals surface area contributed by atoms with Gasteiger partial charge in [0.15, 0.2) is 6.61 Å². The molecular formula is C35H46N4O6. The summed E-state index contributed by atoms with van der Waals surface area (Å²) in [7, 11) is 0. The van der Waals surface area contributed by atoms with E-state index in [4.69, 9.17) is 4.84 Å². The fourth-order valence-electron chi connectivity index (χ4n) is 9.26. The van der Waals surface area contributed by atoms with Gasteiger partial charge in [-0.05, 0) is 105 Å². The average Bonchev–Trinajstić information content (AvgIpc) is 3.52. The van der Waals surface area contributed by atoms with Crippen LogP contribution in [0.1, 0.15) is 77.7 Å². The average molecular weight is 619 g/mol. The zero-order chi connectivity index (χ0) is 32.0. The van der Waals surface area contributed by atoms with Gasteiger partial charge in [-0.2, -0.15) is 0 Å². The number of aromatic amines is 1. The fraction of sp³-hybridized carbons (Fsp3) is 0.600. The number of carboxylic acid groups (broad SMARTS) is 1. The first-order valence-electron chi connectivity index (χ1n) is 16.4. The topological polar surface area (TPSA) is 153 Å². The third-order valence-corrected chi connectivity index (χ3v) is 12.1. The number of rotatable bonds is 9. The smallest absolute Gasteiger partial charge is 0.326 e. The van der Waals surface area contributed by atoms with Crippen LogP contribution >= 0.6 is 0 Å². The van der Waals surface area contributed by atoms with Crippen LogP contribution in [0.5, 0.6) is 0 Å². The van der Waals surface area contributed by atoms with Gasteiger partial charge in [-0.3, -0.25) is 9.59 Å². The number of nitrogens with zero attached hydrogens (tertiary/aromatic N) is 1. The molecule has 10 nitrogen and oxygen atoms in total. The molecule has 7 atom stereocenters. The number of hydrogen-bond donors (Lipinski definition) is 5. The summed E-state index contributed by atoms with van der Waals surface area (Å²) in [4.78, 5) is 45.2. The van der Waals surface area contributed by atoms with Crippen LogP contribution in [0.3, 0.4) is 0 Å². The number of fused-ring (bicyclic) bond motifs is 6. The van der Waals surface area contributed by atoms with E-state index in [0.717, 1.165) is 73.5 Å². The Kier molecular flexibility index (Phi) is 8.31. The Labute approximate surface area is 264 Å². The number of carbonyl (C=O) groups excluding carboxylic acids is 2. The molecule has 0 spiro atoms. The number of H-pyrrole nitrogens is 1. The monoisotopic (exact) mass is 618 g/mol. The molecule has 3 fully saturated rings. The van der Waals surface area contributed by atoms with Crippen LogP contribution in [0, 0.1) is 28.6 Å². The highest BCUT2D eigenvalue weighted by molar-refractivity contribution is 5.96. The van der Waals surface area contributed by atoms with Gasteiger partial charge in [-0.15, -0.1) is 0 Å². The third-order valence-electron chi connectivity index (χ3n) is 12.1. The number of aliphatic carboxylic acids is 1. The number of aromatic nitrogens is 1. The van der Waals surface area contributed by atoms with E-state index in [1.807, 2.05) is 31.2 Å². The van der Waals surface area contributed by atoms with Crippen LogP contribution in [-0.2, 0) is 25.6 Å². The molecule has 2 aromatic rings. The van der Waals surface area contributed by atoms with Crippen LogP contribution in [-0.4, -0.2) is 63.5 Å². The van der Waals surface area contributed by atoms with Crippen LogP contribution in [0.2, 0.25) is 0 Å². The molecule has 0 bridgehead atoms. The summed E-state index contributed by atoms with van der Waals surface area (Å²) >= 11 is 0. The second-order valence-corrected chi connectivity index (χ2v) is 14.4. The summed E-state index contributed by atoms with van der Waals surface area (Å²) in [5.41, 5.74) is 3.50. The second-order valence-electron chi connectivity index (χ2n) is 14.4. The lowest BCUT2D eigenvalue weighted by molar-refractivity contribution is -0.141. The Bertz CT molecular complexity index is 1540. The van der Waals surface area contributed by atoms with Gasteiger partial charge in [-0.25, -0.2) is 4.79 Å². The number of aliphatic hydroxyl groups is 1. The van der Waals surface area contributed by atoms with Gasteiger partial charge >= 0.3 is 5.97 Å². The van der Waals surface area contributed by atoms with E-state index in [1.54, 1.807) is 6.20 Å². The van der Waals surface area contributed by atoms with E-state index in [0.29, 0.717) is 17.8 Å². The Morgan fingerprint density at radius 2 is 1.82 bits per heavy atom. The number of oxime groups is 1. The third kappa shape index (κ3) is 5.77. The molecule has 10 heteroatoms. The number of hydrogen-bond acceptors (Lipinski definition) is 6. The van der Waals surface area contributed by atoms with Crippen molar-refractivity contribution in [1.82, 2.24) is 15.6 Å². The molecule has 0 radical (unpaired) electrons. The molecule has 45 heavy (non-hydrogen) atoms. The molecule has 4 aliphatic rings. The minimum Gasteiger partial charge on any atom is -0.480 e. The maximum Gasteiger partial charge on any atom is 0.326 e. The molecule has 1 aromatic carbocycles. The van der Waals surface area contributed by atoms with Crippen molar-refractivity contribution in [2.45, 2.75) is 90.2 Å². The van der Waals surface area contributed by atoms with Crippen molar-refractivity contribution < 1.29 is 29.4 Å². The number of carbonyl (C=O) groups is 3. The highest BCUT2D eigenvalue weighted by Gasteiger charge is 2.62. The maximum atomic E-state index is 12.5. The normalized spacial score (nSPS) is 33.8. The van der Waals surface area contributed by atoms with Crippen molar-refractivity contribution in [3.05, 3.63) is 47.7 Å². The molecule has 5 N–H and O–H groups in total. The lowest BCUT2D eigenvalue weighted by Crippen LogP contribution is -2.53. The van der Waals surface area contributed by atoms with Crippen molar-refractivity contribution in [1.29, 1.82) is 0 Å². The number of carboxylic acids is 1. The SMILES string of the molecule is C[C@]12CC/C(=N/OCC(=O)NCC(=O)N[C@@H](Cc3c[nH]c4ccccc34)C(=O)O)C=C1CC[C@@H]1[C@@H]2CC[C@@]2(C)[C@H]1CC[C@]2(C)O. The highest BCUT2D eigenvalue weighted by atomic mass is 16.6. The van der Waals surface area contributed by atoms with Gasteiger partial charge < -0.3 is 30.7 Å². The van der Waals surface area contributed by atoms with Crippen LogP contribution in [0.25, 0.3) is 10.9 Å². The van der Waals surface area contributed by atoms with Gasteiger partial charge in [-0.1, -0.05) is 42.8 Å². The predicted octanol–water partition coefficient (Wildman–Crippen LogP) is 4.48. The number of para-hydroxylation sites is 1. The summed E-state index contributed by atoms with van der Waals surface area (Å²) in [5, 5.41) is 31.0. The van der Waals surface area contributed by atoms with Crippen LogP contribution < -0.4 is 10.6 Å². The first-order valence-corrected chi connectivity index (χ1v) is 16.4. The summed E-state index contributed by atoms with van der Waals surface area (Å²) in [5.74, 6) is -0.415. The number of allylic oxidation sites excluding steroid dienone is 2. The summed E-state index contributed by atoms with van der Waals surface area (Å²) < 4.78 is 0. The van der Waals surface area contributed by atoms with E-state index in [-0.39, 0.29) is 30.4 Å². The minimum absolute atomic E-state index is 0.0119. The van der Waals surface area contributed by atoms with E-state index in [2.05, 4.69) is 40.7 Å². The molecule has 0 unspecified atom stereocenters. The van der Waals surface area contributed by atoms with Crippen molar-refractivity contribution in [2.75, 3.05) is 13.2 Å². The standard InChI is InChI=1S/C35H46N4O6/c1-33-13-10-23(17-22(33)8-9-25-26(33)11-14-34(2)27(25)12-15-35(34,3)44)39-45-20-31(41)37-19-30(40)38-29(32(42)43)16-21-18-36-28-7-5-4-6-24(21)28/h4-7,17-18,25-27,29,36,44H,8-16,19-20H2,1-3H3,(H,37,41)(H,38,40)(H,42,43)/b39-23-/t25-,26+,27+,29+,33+,34+,35+/m1/s1. The Hall–Kier alpha value is -3.66. The Morgan fingerprint density at radius 1 is 1.04 bits per heavy atom. The lowest BCUT2D eigenvalue weighted by Gasteiger charge is -2.59. The van der Waals surface area contributed by atoms with Crippen molar-refractivity contribution in [3.63, 3.8) is 0 Å². The molecule has 2 amide bonds. The molecule has 1 aromatic heterocycles. The Morgan fingerprint density at radius 3 is 2.62 bits per heavy atom. The molecule has 0 aliphatic heterocycles. The quantitative estimate of drug-likeness (QED) is 0.261. The molecule has 0 saturated heterocycles. The minimum atomic E-state index is -1.15. The van der Waals surface area contributed by atoms with Gasteiger partial charge in [0.25, 0.3) is 5.91 Å². The Balaban J connectivity index is 0.982. The van der Waals surface area contributed by atoms with Crippen molar-refractivity contribution in [3.8, 4) is 0 Å². The summed E-state index contributed by atoms with van der Waals surface area (Å²) in [6.45, 7) is 6.08. The predicted molar refractivity (Wildman–Crippen MR) is 170 cm³/mol. The lowest BCUT2D eigenvalue weighted by atomic mass is 9.46. The first-order chi connectivity index (χ1) is 21.4. The second kappa shape index (κ2) is 11.9. The largest absolute Gasteiger partial charge is 0.480 e. The molecule has 4 aliphatic carbocycles. The van der Waals surface area contributed by atoms with E-state index >= 15 is 0 Å². The van der Waals surface area contributed by atoms with E-state index in [1.165, 1.54) is 5.57 Å². The zero-order valence-electron chi connectivity index (χ0n) is 26.5. The summed E-state index contributed by atoms with van der Waals surface area (Å²) in [6, 6.07) is 6.42. The fourth-order valence-corrected chi connectivity index (χ4v) is 9.26.